The number of hydrogen-bond donors (Lipinski definition) is 1. The van der Waals surface area contributed by atoms with Gasteiger partial charge in [-0.2, -0.15) is 5.10 Å². The fourth-order valence-corrected chi connectivity index (χ4v) is 4.67. The number of ether oxygens (including phenoxy) is 1. The lowest BCUT2D eigenvalue weighted by Gasteiger charge is -2.28. The van der Waals surface area contributed by atoms with Crippen molar-refractivity contribution in [2.24, 2.45) is 0 Å². The Bertz CT molecular complexity index is 1290. The minimum Gasteiger partial charge on any atom is -0.474 e. The summed E-state index contributed by atoms with van der Waals surface area (Å²) >= 11 is 0. The van der Waals surface area contributed by atoms with Crippen LogP contribution in [0.15, 0.2) is 29.5 Å². The first-order chi connectivity index (χ1) is 14.5. The highest BCUT2D eigenvalue weighted by Crippen LogP contribution is 2.37. The number of pyridine rings is 1. The molecule has 3 aromatic heterocycles. The summed E-state index contributed by atoms with van der Waals surface area (Å²) in [5.41, 5.74) is 2.17. The van der Waals surface area contributed by atoms with Gasteiger partial charge in [0.1, 0.15) is 17.9 Å². The van der Waals surface area contributed by atoms with Gasteiger partial charge < -0.3 is 4.74 Å². The van der Waals surface area contributed by atoms with Crippen LogP contribution >= 0.6 is 0 Å². The molecule has 0 radical (unpaired) electrons. The number of sulfone groups is 1. The average molecular weight is 452 g/mol. The highest BCUT2D eigenvalue weighted by atomic mass is 32.2. The molecule has 0 bridgehead atoms. The number of nitrogens with one attached hydrogen (secondary N) is 1. The Kier molecular flexibility index (Phi) is 5.32. The van der Waals surface area contributed by atoms with E-state index in [0.29, 0.717) is 27.9 Å². The number of aryl methyl sites for hydroxylation is 1. The minimum absolute atomic E-state index is 0.189. The number of fused-ring (bicyclic) bond motifs is 1. The van der Waals surface area contributed by atoms with Crippen molar-refractivity contribution in [3.63, 3.8) is 0 Å². The zero-order chi connectivity index (χ0) is 22.4. The van der Waals surface area contributed by atoms with Gasteiger partial charge in [-0.1, -0.05) is 0 Å². The highest BCUT2D eigenvalue weighted by molar-refractivity contribution is 7.89. The van der Waals surface area contributed by atoms with Crippen molar-refractivity contribution in [1.29, 1.82) is 0 Å². The van der Waals surface area contributed by atoms with Gasteiger partial charge in [0.2, 0.25) is 11.8 Å². The maximum Gasteiger partial charge on any atom is 0.288 e. The van der Waals surface area contributed by atoms with Crippen molar-refractivity contribution in [2.45, 2.75) is 50.4 Å². The Morgan fingerprint density at radius 2 is 2.00 bits per heavy atom. The fraction of sp³-hybridized carbons (Fsp3) is 0.450. The van der Waals surface area contributed by atoms with Gasteiger partial charge in [-0.3, -0.25) is 9.20 Å². The molecular weight excluding hydrogens is 430 g/mol. The fourth-order valence-electron chi connectivity index (χ4n) is 3.91. The number of hydrogen-bond acceptors (Lipinski definition) is 6. The number of halogens is 2. The van der Waals surface area contributed by atoms with Gasteiger partial charge in [-0.25, -0.2) is 27.3 Å². The van der Waals surface area contributed by atoms with E-state index in [1.165, 1.54) is 12.5 Å². The van der Waals surface area contributed by atoms with Crippen LogP contribution in [0.4, 0.5) is 8.78 Å². The smallest absolute Gasteiger partial charge is 0.288 e. The lowest BCUT2D eigenvalue weighted by molar-refractivity contribution is -0.0587. The minimum atomic E-state index is -3.31. The molecule has 31 heavy (non-hydrogen) atoms. The summed E-state index contributed by atoms with van der Waals surface area (Å²) in [5, 5.41) is 6.23. The van der Waals surface area contributed by atoms with Gasteiger partial charge in [-0.15, -0.1) is 0 Å². The number of rotatable bonds is 5. The van der Waals surface area contributed by atoms with Crippen LogP contribution < -0.4 is 10.3 Å². The quantitative estimate of drug-likeness (QED) is 0.638. The molecule has 0 amide bonds. The molecule has 0 atom stereocenters. The monoisotopic (exact) mass is 452 g/mol. The standard InChI is InChI=1S/C20H22F2N4O4S/c1-12-7-16(26-11-24-25-18(27)17(12)26)15-8-13(10-31(2,28)29)9-23-19(15)30-14-3-5-20(21,22)6-4-14/h7-9,11,14H,3-6,10H2,1-2H3,(H,25,27). The zero-order valence-corrected chi connectivity index (χ0v) is 17.9. The first-order valence-corrected chi connectivity index (χ1v) is 11.9. The summed E-state index contributed by atoms with van der Waals surface area (Å²) in [7, 11) is -3.31. The lowest BCUT2D eigenvalue weighted by Crippen LogP contribution is -2.31. The maximum absolute atomic E-state index is 13.5. The van der Waals surface area contributed by atoms with E-state index < -0.39 is 21.9 Å². The Hall–Kier alpha value is -2.82. The topological polar surface area (TPSA) is 106 Å². The third kappa shape index (κ3) is 4.60. The molecule has 8 nitrogen and oxygen atoms in total. The van der Waals surface area contributed by atoms with Crippen LogP contribution in [0.5, 0.6) is 5.88 Å². The second-order valence-corrected chi connectivity index (χ2v) is 10.2. The van der Waals surface area contributed by atoms with Crippen molar-refractivity contribution >= 4 is 15.4 Å². The predicted octanol–water partition coefficient (Wildman–Crippen LogP) is 2.89. The highest BCUT2D eigenvalue weighted by Gasteiger charge is 2.36. The van der Waals surface area contributed by atoms with Crippen molar-refractivity contribution < 1.29 is 21.9 Å². The molecule has 0 aromatic carbocycles. The van der Waals surface area contributed by atoms with Gasteiger partial charge in [0.05, 0.1) is 17.0 Å². The first-order valence-electron chi connectivity index (χ1n) is 9.79. The molecule has 1 saturated carbocycles. The Labute approximate surface area is 177 Å². The first kappa shape index (κ1) is 21.4. The van der Waals surface area contributed by atoms with Gasteiger partial charge in [0, 0.05) is 25.3 Å². The molecule has 3 heterocycles. The van der Waals surface area contributed by atoms with E-state index in [1.54, 1.807) is 23.5 Å². The average Bonchev–Trinajstić information content (AvgIpc) is 3.01. The molecule has 166 valence electrons. The van der Waals surface area contributed by atoms with Crippen LogP contribution in [0.2, 0.25) is 0 Å². The van der Waals surface area contributed by atoms with Crippen molar-refractivity contribution in [2.75, 3.05) is 6.26 Å². The molecular formula is C20H22F2N4O4S. The third-order valence-electron chi connectivity index (χ3n) is 5.34. The molecule has 3 aromatic rings. The summed E-state index contributed by atoms with van der Waals surface area (Å²) in [6.45, 7) is 1.77. The van der Waals surface area contributed by atoms with E-state index in [0.717, 1.165) is 6.26 Å². The summed E-state index contributed by atoms with van der Waals surface area (Å²) in [6, 6.07) is 3.40. The molecule has 11 heteroatoms. The molecule has 1 N–H and O–H groups in total. The molecule has 0 saturated heterocycles. The zero-order valence-electron chi connectivity index (χ0n) is 17.1. The van der Waals surface area contributed by atoms with Gasteiger partial charge in [0.25, 0.3) is 5.56 Å². The molecule has 0 spiro atoms. The largest absolute Gasteiger partial charge is 0.474 e. The van der Waals surface area contributed by atoms with Crippen LogP contribution in [0.25, 0.3) is 16.8 Å². The van der Waals surface area contributed by atoms with Crippen LogP contribution in [0, 0.1) is 6.92 Å². The number of nitrogens with zero attached hydrogens (tertiary/aromatic N) is 3. The SMILES string of the molecule is Cc1cc(-c2cc(CS(C)(=O)=O)cnc2OC2CCC(F)(F)CC2)n2cn[nH]c(=O)c12. The lowest BCUT2D eigenvalue weighted by atomic mass is 9.94. The van der Waals surface area contributed by atoms with Gasteiger partial charge in [0.15, 0.2) is 9.84 Å². The van der Waals surface area contributed by atoms with Crippen molar-refractivity contribution in [3.05, 3.63) is 46.1 Å². The van der Waals surface area contributed by atoms with Crippen molar-refractivity contribution in [3.8, 4) is 17.1 Å². The third-order valence-corrected chi connectivity index (χ3v) is 6.19. The van der Waals surface area contributed by atoms with E-state index in [9.17, 15) is 22.0 Å². The molecule has 1 aliphatic carbocycles. The Balaban J connectivity index is 1.80. The Morgan fingerprint density at radius 1 is 1.29 bits per heavy atom. The number of H-pyrrole nitrogens is 1. The summed E-state index contributed by atoms with van der Waals surface area (Å²) in [4.78, 5) is 16.5. The summed E-state index contributed by atoms with van der Waals surface area (Å²) in [5.74, 6) is -2.70. The molecule has 1 fully saturated rings. The summed E-state index contributed by atoms with van der Waals surface area (Å²) < 4.78 is 58.2. The van der Waals surface area contributed by atoms with Gasteiger partial charge >= 0.3 is 0 Å². The van der Waals surface area contributed by atoms with E-state index in [2.05, 4.69) is 15.2 Å². The second-order valence-electron chi connectivity index (χ2n) is 8.06. The normalized spacial score (nSPS) is 17.2. The number of aromatic nitrogens is 4. The van der Waals surface area contributed by atoms with Gasteiger partial charge in [-0.05, 0) is 43.0 Å². The van der Waals surface area contributed by atoms with Crippen LogP contribution in [-0.4, -0.2) is 46.3 Å². The van der Waals surface area contributed by atoms with E-state index in [4.69, 9.17) is 4.74 Å². The second kappa shape index (κ2) is 7.70. The molecule has 1 aliphatic rings. The van der Waals surface area contributed by atoms with Crippen molar-refractivity contribution in [1.82, 2.24) is 19.6 Å². The maximum atomic E-state index is 13.5. The van der Waals surface area contributed by atoms with E-state index in [-0.39, 0.29) is 42.9 Å². The molecule has 0 unspecified atom stereocenters. The number of aromatic amines is 1. The van der Waals surface area contributed by atoms with E-state index >= 15 is 0 Å². The van der Waals surface area contributed by atoms with Crippen LogP contribution in [0.3, 0.4) is 0 Å². The molecule has 4 rings (SSSR count). The van der Waals surface area contributed by atoms with Crippen LogP contribution in [0.1, 0.15) is 36.8 Å². The van der Waals surface area contributed by atoms with E-state index in [1.807, 2.05) is 0 Å². The predicted molar refractivity (Wildman–Crippen MR) is 110 cm³/mol. The Morgan fingerprint density at radius 3 is 2.68 bits per heavy atom. The molecule has 0 aliphatic heterocycles. The number of alkyl halides is 2. The van der Waals surface area contributed by atoms with Crippen LogP contribution in [-0.2, 0) is 15.6 Å². The summed E-state index contributed by atoms with van der Waals surface area (Å²) in [6.07, 6.45) is 3.40.